The van der Waals surface area contributed by atoms with Crippen LogP contribution < -0.4 is 5.56 Å². The van der Waals surface area contributed by atoms with Crippen LogP contribution in [0.1, 0.15) is 25.7 Å². The summed E-state index contributed by atoms with van der Waals surface area (Å²) in [5.74, 6) is 1.06. The van der Waals surface area contributed by atoms with Crippen molar-refractivity contribution in [3.63, 3.8) is 0 Å². The molecular weight excluding hydrogens is 266 g/mol. The molecule has 0 N–H and O–H groups in total. The average Bonchev–Trinajstić information content (AvgIpc) is 2.88. The van der Waals surface area contributed by atoms with Gasteiger partial charge in [0, 0.05) is 25.6 Å². The second kappa shape index (κ2) is 5.12. The molecule has 108 valence electrons. The number of aryl methyl sites for hydroxylation is 1. The first-order valence-electron chi connectivity index (χ1n) is 6.87. The van der Waals surface area contributed by atoms with Crippen LogP contribution >= 0.6 is 0 Å². The summed E-state index contributed by atoms with van der Waals surface area (Å²) in [7, 11) is 1.93. The first-order valence-corrected chi connectivity index (χ1v) is 6.87. The monoisotopic (exact) mass is 283 g/mol. The molecule has 0 aliphatic carbocycles. The summed E-state index contributed by atoms with van der Waals surface area (Å²) in [6.45, 7) is 4.14. The maximum atomic E-state index is 12.7. The Bertz CT molecular complexity index is 833. The van der Waals surface area contributed by atoms with Gasteiger partial charge in [-0.3, -0.25) is 14.3 Å². The van der Waals surface area contributed by atoms with Gasteiger partial charge in [0.1, 0.15) is 5.82 Å². The quantitative estimate of drug-likeness (QED) is 0.735. The van der Waals surface area contributed by atoms with Crippen LogP contribution in [0.5, 0.6) is 0 Å². The molecule has 0 spiro atoms. The Labute approximate surface area is 122 Å². The normalized spacial score (nSPS) is 13.0. The molecule has 0 bridgehead atoms. The zero-order valence-electron chi connectivity index (χ0n) is 12.3. The molecule has 0 saturated carbocycles. The number of hydrogen-bond donors (Lipinski definition) is 0. The van der Waals surface area contributed by atoms with Crippen LogP contribution in [0.25, 0.3) is 10.9 Å². The smallest absolute Gasteiger partial charge is 0.261 e. The van der Waals surface area contributed by atoms with Crippen molar-refractivity contribution < 1.29 is 0 Å². The van der Waals surface area contributed by atoms with Crippen molar-refractivity contribution in [2.75, 3.05) is 0 Å². The van der Waals surface area contributed by atoms with E-state index in [1.54, 1.807) is 35.6 Å². The van der Waals surface area contributed by atoms with Gasteiger partial charge in [-0.25, -0.2) is 9.97 Å². The molecule has 1 atom stereocenters. The van der Waals surface area contributed by atoms with Gasteiger partial charge in [0.2, 0.25) is 0 Å². The van der Waals surface area contributed by atoms with Crippen molar-refractivity contribution in [1.82, 2.24) is 24.1 Å². The molecule has 0 amide bonds. The third-order valence-corrected chi connectivity index (χ3v) is 3.64. The molecule has 3 aromatic rings. The summed E-state index contributed by atoms with van der Waals surface area (Å²) in [5, 5.41) is 0.576. The maximum Gasteiger partial charge on any atom is 0.261 e. The van der Waals surface area contributed by atoms with Crippen LogP contribution in [-0.4, -0.2) is 24.1 Å². The minimum absolute atomic E-state index is 0.0656. The van der Waals surface area contributed by atoms with Gasteiger partial charge in [-0.05, 0) is 12.0 Å². The number of fused-ring (bicyclic) bond motifs is 1. The Hall–Kier alpha value is -2.50. The largest absolute Gasteiger partial charge is 0.336 e. The Balaban J connectivity index is 2.24. The zero-order chi connectivity index (χ0) is 15.0. The average molecular weight is 283 g/mol. The van der Waals surface area contributed by atoms with E-state index >= 15 is 0 Å². The van der Waals surface area contributed by atoms with E-state index in [1.165, 1.54) is 0 Å². The van der Waals surface area contributed by atoms with Crippen molar-refractivity contribution >= 4 is 10.9 Å². The molecule has 0 radical (unpaired) electrons. The predicted molar refractivity (Wildman–Crippen MR) is 80.0 cm³/mol. The molecule has 6 heteroatoms. The number of hydrogen-bond acceptors (Lipinski definition) is 4. The third kappa shape index (κ3) is 2.22. The van der Waals surface area contributed by atoms with E-state index in [1.807, 2.05) is 17.8 Å². The van der Waals surface area contributed by atoms with E-state index in [0.717, 1.165) is 5.82 Å². The Kier molecular flexibility index (Phi) is 3.29. The molecule has 0 aliphatic rings. The first-order chi connectivity index (χ1) is 10.1. The Morgan fingerprint density at radius 1 is 1.19 bits per heavy atom. The Morgan fingerprint density at radius 2 is 2.00 bits per heavy atom. The lowest BCUT2D eigenvalue weighted by Crippen LogP contribution is -2.30. The molecule has 21 heavy (non-hydrogen) atoms. The minimum atomic E-state index is -0.150. The molecule has 0 saturated heterocycles. The summed E-state index contributed by atoms with van der Waals surface area (Å²) in [6, 6.07) is 1.55. The summed E-state index contributed by atoms with van der Waals surface area (Å²) in [4.78, 5) is 25.5. The van der Waals surface area contributed by atoms with Crippen LogP contribution in [-0.2, 0) is 7.05 Å². The van der Waals surface area contributed by atoms with Crippen molar-refractivity contribution in [1.29, 1.82) is 0 Å². The summed E-state index contributed by atoms with van der Waals surface area (Å²) >= 11 is 0. The van der Waals surface area contributed by atoms with Crippen molar-refractivity contribution in [3.05, 3.63) is 53.4 Å². The molecule has 0 unspecified atom stereocenters. The van der Waals surface area contributed by atoms with E-state index in [9.17, 15) is 4.79 Å². The second-order valence-corrected chi connectivity index (χ2v) is 5.44. The second-order valence-electron chi connectivity index (χ2n) is 5.44. The standard InChI is InChI=1S/C15H17N5O/c1-10(2)13(14-17-6-7-19(14)3)20-9-18-12-8-16-5-4-11(12)15(20)21/h4-10,13H,1-3H3/t13-/m0/s1. The van der Waals surface area contributed by atoms with E-state index in [4.69, 9.17) is 0 Å². The number of pyridine rings is 1. The van der Waals surface area contributed by atoms with Gasteiger partial charge < -0.3 is 4.57 Å². The van der Waals surface area contributed by atoms with Crippen LogP contribution in [0.2, 0.25) is 0 Å². The number of nitrogens with zero attached hydrogens (tertiary/aromatic N) is 5. The van der Waals surface area contributed by atoms with E-state index in [2.05, 4.69) is 28.8 Å². The molecule has 3 heterocycles. The summed E-state index contributed by atoms with van der Waals surface area (Å²) in [5.41, 5.74) is 0.546. The molecule has 0 aromatic carbocycles. The van der Waals surface area contributed by atoms with Gasteiger partial charge in [-0.2, -0.15) is 0 Å². The lowest BCUT2D eigenvalue weighted by Gasteiger charge is -2.23. The minimum Gasteiger partial charge on any atom is -0.336 e. The highest BCUT2D eigenvalue weighted by molar-refractivity contribution is 5.75. The predicted octanol–water partition coefficient (Wildman–Crippen LogP) is 1.77. The topological polar surface area (TPSA) is 65.6 Å². The van der Waals surface area contributed by atoms with Gasteiger partial charge in [-0.15, -0.1) is 0 Å². The van der Waals surface area contributed by atoms with Crippen LogP contribution in [0.15, 0.2) is 42.0 Å². The number of imidazole rings is 1. The summed E-state index contributed by atoms with van der Waals surface area (Å²) < 4.78 is 3.60. The SMILES string of the molecule is CC(C)[C@@H](c1nccn1C)n1cnc2cnccc2c1=O. The van der Waals surface area contributed by atoms with Gasteiger partial charge in [0.15, 0.2) is 0 Å². The van der Waals surface area contributed by atoms with E-state index in [0.29, 0.717) is 10.9 Å². The molecule has 3 rings (SSSR count). The van der Waals surface area contributed by atoms with Crippen molar-refractivity contribution in [3.8, 4) is 0 Å². The molecule has 3 aromatic heterocycles. The molecule has 6 nitrogen and oxygen atoms in total. The molecular formula is C15H17N5O. The maximum absolute atomic E-state index is 12.7. The van der Waals surface area contributed by atoms with Gasteiger partial charge in [-0.1, -0.05) is 13.8 Å². The zero-order valence-corrected chi connectivity index (χ0v) is 12.3. The molecule has 0 aliphatic heterocycles. The fourth-order valence-corrected chi connectivity index (χ4v) is 2.59. The first kappa shape index (κ1) is 13.5. The lowest BCUT2D eigenvalue weighted by atomic mass is 10.0. The fourth-order valence-electron chi connectivity index (χ4n) is 2.59. The van der Waals surface area contributed by atoms with Crippen LogP contribution in [0.3, 0.4) is 0 Å². The highest BCUT2D eigenvalue weighted by atomic mass is 16.1. The highest BCUT2D eigenvalue weighted by Crippen LogP contribution is 2.23. The lowest BCUT2D eigenvalue weighted by molar-refractivity contribution is 0.397. The van der Waals surface area contributed by atoms with Gasteiger partial charge >= 0.3 is 0 Å². The van der Waals surface area contributed by atoms with Crippen LogP contribution in [0.4, 0.5) is 0 Å². The van der Waals surface area contributed by atoms with Gasteiger partial charge in [0.25, 0.3) is 5.56 Å². The summed E-state index contributed by atoms with van der Waals surface area (Å²) in [6.07, 6.45) is 8.43. The molecule has 0 fully saturated rings. The van der Waals surface area contributed by atoms with Gasteiger partial charge in [0.05, 0.1) is 29.5 Å². The fraction of sp³-hybridized carbons (Fsp3) is 0.333. The van der Waals surface area contributed by atoms with Crippen molar-refractivity contribution in [2.45, 2.75) is 19.9 Å². The third-order valence-electron chi connectivity index (χ3n) is 3.64. The number of aromatic nitrogens is 5. The highest BCUT2D eigenvalue weighted by Gasteiger charge is 2.23. The van der Waals surface area contributed by atoms with Crippen molar-refractivity contribution in [2.24, 2.45) is 13.0 Å². The van der Waals surface area contributed by atoms with E-state index in [-0.39, 0.29) is 17.5 Å². The Morgan fingerprint density at radius 3 is 2.67 bits per heavy atom. The van der Waals surface area contributed by atoms with Crippen LogP contribution in [0, 0.1) is 5.92 Å². The number of rotatable bonds is 3. The van der Waals surface area contributed by atoms with E-state index < -0.39 is 0 Å².